The molecule has 1 aliphatic carbocycles. The SMILES string of the molecule is O=C(COCCO)NC1CCC(C(=O)O)CC1. The Hall–Kier alpha value is -1.14. The predicted octanol–water partition coefficient (Wildman–Crippen LogP) is -0.245. The van der Waals surface area contributed by atoms with Crippen LogP contribution in [0.3, 0.4) is 0 Å². The molecular formula is C11H19NO5. The lowest BCUT2D eigenvalue weighted by Crippen LogP contribution is -2.40. The van der Waals surface area contributed by atoms with Gasteiger partial charge in [-0.25, -0.2) is 0 Å². The molecule has 1 aliphatic rings. The maximum absolute atomic E-state index is 11.4. The molecule has 0 unspecified atom stereocenters. The van der Waals surface area contributed by atoms with Crippen LogP contribution in [-0.2, 0) is 14.3 Å². The Labute approximate surface area is 100.0 Å². The highest BCUT2D eigenvalue weighted by molar-refractivity contribution is 5.77. The van der Waals surface area contributed by atoms with E-state index in [1.165, 1.54) is 0 Å². The summed E-state index contributed by atoms with van der Waals surface area (Å²) in [5.74, 6) is -1.23. The van der Waals surface area contributed by atoms with Gasteiger partial charge in [-0.1, -0.05) is 0 Å². The number of rotatable bonds is 6. The lowest BCUT2D eigenvalue weighted by molar-refractivity contribution is -0.142. The molecule has 6 nitrogen and oxygen atoms in total. The van der Waals surface area contributed by atoms with Crippen molar-refractivity contribution in [2.75, 3.05) is 19.8 Å². The van der Waals surface area contributed by atoms with Gasteiger partial charge in [-0.3, -0.25) is 9.59 Å². The van der Waals surface area contributed by atoms with Crippen molar-refractivity contribution in [1.29, 1.82) is 0 Å². The van der Waals surface area contributed by atoms with Crippen LogP contribution in [0.25, 0.3) is 0 Å². The van der Waals surface area contributed by atoms with Gasteiger partial charge in [-0.15, -0.1) is 0 Å². The van der Waals surface area contributed by atoms with Crippen molar-refractivity contribution in [3.05, 3.63) is 0 Å². The molecule has 0 aromatic rings. The molecule has 0 atom stereocenters. The van der Waals surface area contributed by atoms with Gasteiger partial charge >= 0.3 is 5.97 Å². The smallest absolute Gasteiger partial charge is 0.306 e. The first kappa shape index (κ1) is 13.9. The summed E-state index contributed by atoms with van der Waals surface area (Å²) in [6.07, 6.45) is 2.61. The number of amides is 1. The zero-order valence-corrected chi connectivity index (χ0v) is 9.72. The van der Waals surface area contributed by atoms with Crippen LogP contribution in [0.5, 0.6) is 0 Å². The second-order valence-electron chi connectivity index (χ2n) is 4.23. The minimum absolute atomic E-state index is 0.0517. The van der Waals surface area contributed by atoms with Crippen LogP contribution in [0, 0.1) is 5.92 Å². The number of aliphatic carboxylic acids is 1. The molecule has 0 aromatic heterocycles. The van der Waals surface area contributed by atoms with Gasteiger partial charge in [0.25, 0.3) is 0 Å². The number of aliphatic hydroxyl groups is 1. The lowest BCUT2D eigenvalue weighted by atomic mass is 9.86. The molecule has 0 bridgehead atoms. The zero-order valence-electron chi connectivity index (χ0n) is 9.72. The maximum Gasteiger partial charge on any atom is 0.306 e. The minimum Gasteiger partial charge on any atom is -0.481 e. The second-order valence-corrected chi connectivity index (χ2v) is 4.23. The molecule has 0 aromatic carbocycles. The van der Waals surface area contributed by atoms with Gasteiger partial charge < -0.3 is 20.3 Å². The number of carbonyl (C=O) groups excluding carboxylic acids is 1. The minimum atomic E-state index is -0.749. The number of aliphatic hydroxyl groups excluding tert-OH is 1. The molecule has 0 spiro atoms. The molecule has 1 amide bonds. The third kappa shape index (κ3) is 5.14. The van der Waals surface area contributed by atoms with E-state index in [1.54, 1.807) is 0 Å². The van der Waals surface area contributed by atoms with Gasteiger partial charge in [-0.2, -0.15) is 0 Å². The van der Waals surface area contributed by atoms with Gasteiger partial charge in [0, 0.05) is 6.04 Å². The number of hydrogen-bond donors (Lipinski definition) is 3. The highest BCUT2D eigenvalue weighted by Crippen LogP contribution is 2.24. The van der Waals surface area contributed by atoms with Crippen molar-refractivity contribution in [3.63, 3.8) is 0 Å². The number of hydrogen-bond acceptors (Lipinski definition) is 4. The van der Waals surface area contributed by atoms with E-state index >= 15 is 0 Å². The first-order chi connectivity index (χ1) is 8.13. The van der Waals surface area contributed by atoms with Crippen molar-refractivity contribution < 1.29 is 24.5 Å². The first-order valence-corrected chi connectivity index (χ1v) is 5.84. The number of carbonyl (C=O) groups is 2. The summed E-state index contributed by atoms with van der Waals surface area (Å²) in [5.41, 5.74) is 0. The van der Waals surface area contributed by atoms with Gasteiger partial charge in [0.1, 0.15) is 6.61 Å². The highest BCUT2D eigenvalue weighted by atomic mass is 16.5. The number of carboxylic acid groups (broad SMARTS) is 1. The van der Waals surface area contributed by atoms with Crippen molar-refractivity contribution in [3.8, 4) is 0 Å². The normalized spacial score (nSPS) is 24.3. The molecule has 0 heterocycles. The molecule has 6 heteroatoms. The third-order valence-electron chi connectivity index (χ3n) is 2.91. The van der Waals surface area contributed by atoms with Crippen LogP contribution in [0.2, 0.25) is 0 Å². The Morgan fingerprint density at radius 3 is 2.41 bits per heavy atom. The molecule has 3 N–H and O–H groups in total. The standard InChI is InChI=1S/C11H19NO5/c13-5-6-17-7-10(14)12-9-3-1-8(2-4-9)11(15)16/h8-9,13H,1-7H2,(H,12,14)(H,15,16). The summed E-state index contributed by atoms with van der Waals surface area (Å²) in [6, 6.07) is 0.0517. The quantitative estimate of drug-likeness (QED) is 0.561. The number of nitrogens with one attached hydrogen (secondary N) is 1. The molecule has 0 aliphatic heterocycles. The first-order valence-electron chi connectivity index (χ1n) is 5.84. The van der Waals surface area contributed by atoms with E-state index < -0.39 is 5.97 Å². The van der Waals surface area contributed by atoms with Crippen LogP contribution >= 0.6 is 0 Å². The second kappa shape index (κ2) is 7.24. The fraction of sp³-hybridized carbons (Fsp3) is 0.818. The zero-order chi connectivity index (χ0) is 12.7. The average Bonchev–Trinajstić information content (AvgIpc) is 2.30. The van der Waals surface area contributed by atoms with E-state index in [-0.39, 0.29) is 37.7 Å². The molecule has 0 saturated heterocycles. The molecule has 98 valence electrons. The number of ether oxygens (including phenoxy) is 1. The average molecular weight is 245 g/mol. The van der Waals surface area contributed by atoms with E-state index in [2.05, 4.69) is 5.32 Å². The van der Waals surface area contributed by atoms with Crippen molar-refractivity contribution in [1.82, 2.24) is 5.32 Å². The van der Waals surface area contributed by atoms with Crippen molar-refractivity contribution in [2.24, 2.45) is 5.92 Å². The van der Waals surface area contributed by atoms with E-state index in [4.69, 9.17) is 14.9 Å². The third-order valence-corrected chi connectivity index (χ3v) is 2.91. The highest BCUT2D eigenvalue weighted by Gasteiger charge is 2.26. The van der Waals surface area contributed by atoms with Gasteiger partial charge in [0.05, 0.1) is 19.1 Å². The topological polar surface area (TPSA) is 95.9 Å². The van der Waals surface area contributed by atoms with Crippen LogP contribution in [0.4, 0.5) is 0 Å². The lowest BCUT2D eigenvalue weighted by Gasteiger charge is -2.26. The van der Waals surface area contributed by atoms with E-state index in [9.17, 15) is 9.59 Å². The Kier molecular flexibility index (Phi) is 5.93. The molecule has 17 heavy (non-hydrogen) atoms. The summed E-state index contributed by atoms with van der Waals surface area (Å²) in [6.45, 7) is -0.00437. The van der Waals surface area contributed by atoms with Crippen LogP contribution in [0.1, 0.15) is 25.7 Å². The van der Waals surface area contributed by atoms with Gasteiger partial charge in [-0.05, 0) is 25.7 Å². The fourth-order valence-electron chi connectivity index (χ4n) is 1.98. The van der Waals surface area contributed by atoms with Gasteiger partial charge in [0.2, 0.25) is 5.91 Å². The van der Waals surface area contributed by atoms with Gasteiger partial charge in [0.15, 0.2) is 0 Å². The summed E-state index contributed by atoms with van der Waals surface area (Å²) in [5, 5.41) is 20.1. The Bertz CT molecular complexity index is 261. The number of carboxylic acids is 1. The van der Waals surface area contributed by atoms with Crippen LogP contribution in [0.15, 0.2) is 0 Å². The molecule has 1 fully saturated rings. The predicted molar refractivity (Wildman–Crippen MR) is 59.4 cm³/mol. The molecule has 0 radical (unpaired) electrons. The summed E-state index contributed by atoms with van der Waals surface area (Å²) in [4.78, 5) is 22.1. The van der Waals surface area contributed by atoms with E-state index in [0.717, 1.165) is 0 Å². The van der Waals surface area contributed by atoms with E-state index in [1.807, 2.05) is 0 Å². The van der Waals surface area contributed by atoms with E-state index in [0.29, 0.717) is 25.7 Å². The molecular weight excluding hydrogens is 226 g/mol. The Morgan fingerprint density at radius 1 is 1.24 bits per heavy atom. The van der Waals surface area contributed by atoms with Crippen molar-refractivity contribution >= 4 is 11.9 Å². The largest absolute Gasteiger partial charge is 0.481 e. The monoisotopic (exact) mass is 245 g/mol. The van der Waals surface area contributed by atoms with Crippen molar-refractivity contribution in [2.45, 2.75) is 31.7 Å². The summed E-state index contributed by atoms with van der Waals surface area (Å²) < 4.78 is 4.89. The Morgan fingerprint density at radius 2 is 1.88 bits per heavy atom. The molecule has 1 saturated carbocycles. The Balaban J connectivity index is 2.17. The molecule has 1 rings (SSSR count). The van der Waals surface area contributed by atoms with Crippen LogP contribution < -0.4 is 5.32 Å². The summed E-state index contributed by atoms with van der Waals surface area (Å²) in [7, 11) is 0. The van der Waals surface area contributed by atoms with Crippen LogP contribution in [-0.4, -0.2) is 48.0 Å². The summed E-state index contributed by atoms with van der Waals surface area (Å²) >= 11 is 0. The maximum atomic E-state index is 11.4. The fourth-order valence-corrected chi connectivity index (χ4v) is 1.98.